The van der Waals surface area contributed by atoms with Gasteiger partial charge in [0.15, 0.2) is 11.5 Å². The van der Waals surface area contributed by atoms with Gasteiger partial charge in [-0.3, -0.25) is 4.79 Å². The molecule has 0 spiro atoms. The van der Waals surface area contributed by atoms with E-state index >= 15 is 0 Å². The molecule has 33 heavy (non-hydrogen) atoms. The second-order valence-electron chi connectivity index (χ2n) is 8.13. The lowest BCUT2D eigenvalue weighted by atomic mass is 9.97. The molecule has 1 fully saturated rings. The van der Waals surface area contributed by atoms with E-state index in [0.29, 0.717) is 43.2 Å². The standard InChI is InChI=1S/C24H32N2O6S/c1-17-5-7-18(8-6-17)16-33(28,29)26-13-11-19(12-14-26)24(27)25-15-20-9-10-21(30-2)23(32-4)22(20)31-3/h5-10,19H,11-16H2,1-4H3,(H,25,27). The van der Waals surface area contributed by atoms with Crippen LogP contribution in [0, 0.1) is 12.8 Å². The Morgan fingerprint density at radius 1 is 0.970 bits per heavy atom. The number of nitrogens with zero attached hydrogens (tertiary/aromatic N) is 1. The zero-order chi connectivity index (χ0) is 24.0. The number of sulfonamides is 1. The molecule has 1 heterocycles. The Hall–Kier alpha value is -2.78. The Kier molecular flexibility index (Phi) is 8.20. The average molecular weight is 477 g/mol. The van der Waals surface area contributed by atoms with Crippen molar-refractivity contribution in [3.8, 4) is 17.2 Å². The monoisotopic (exact) mass is 476 g/mol. The van der Waals surface area contributed by atoms with Crippen molar-refractivity contribution in [1.82, 2.24) is 9.62 Å². The number of nitrogens with one attached hydrogen (secondary N) is 1. The number of aryl methyl sites for hydroxylation is 1. The Bertz CT molecular complexity index is 1060. The number of rotatable bonds is 9. The van der Waals surface area contributed by atoms with Crippen molar-refractivity contribution in [3.05, 3.63) is 53.1 Å². The third kappa shape index (κ3) is 5.97. The van der Waals surface area contributed by atoms with Crippen LogP contribution in [0.5, 0.6) is 17.2 Å². The summed E-state index contributed by atoms with van der Waals surface area (Å²) in [6.07, 6.45) is 0.976. The zero-order valence-electron chi connectivity index (χ0n) is 19.6. The van der Waals surface area contributed by atoms with Gasteiger partial charge in [0.25, 0.3) is 0 Å². The van der Waals surface area contributed by atoms with E-state index in [-0.39, 0.29) is 24.1 Å². The van der Waals surface area contributed by atoms with Crippen LogP contribution in [0.4, 0.5) is 0 Å². The predicted octanol–water partition coefficient (Wildman–Crippen LogP) is 2.88. The number of ether oxygens (including phenoxy) is 3. The van der Waals surface area contributed by atoms with Gasteiger partial charge in [0, 0.05) is 31.1 Å². The average Bonchev–Trinajstić information content (AvgIpc) is 2.83. The first-order chi connectivity index (χ1) is 15.8. The molecule has 1 N–H and O–H groups in total. The van der Waals surface area contributed by atoms with Crippen LogP contribution >= 0.6 is 0 Å². The molecule has 0 unspecified atom stereocenters. The molecule has 8 nitrogen and oxygen atoms in total. The number of amides is 1. The number of methoxy groups -OCH3 is 3. The first-order valence-electron chi connectivity index (χ1n) is 10.9. The molecule has 180 valence electrons. The van der Waals surface area contributed by atoms with E-state index in [1.165, 1.54) is 18.5 Å². The molecule has 0 radical (unpaired) electrons. The first-order valence-corrected chi connectivity index (χ1v) is 12.5. The Labute approximate surface area is 195 Å². The van der Waals surface area contributed by atoms with Gasteiger partial charge in [0.2, 0.25) is 21.7 Å². The summed E-state index contributed by atoms with van der Waals surface area (Å²) in [5.74, 6) is 1.17. The summed E-state index contributed by atoms with van der Waals surface area (Å²) in [5.41, 5.74) is 2.62. The van der Waals surface area contributed by atoms with Gasteiger partial charge in [0.1, 0.15) is 0 Å². The summed E-state index contributed by atoms with van der Waals surface area (Å²) >= 11 is 0. The summed E-state index contributed by atoms with van der Waals surface area (Å²) in [6, 6.07) is 11.1. The molecule has 1 saturated heterocycles. The Balaban J connectivity index is 1.56. The van der Waals surface area contributed by atoms with Crippen molar-refractivity contribution in [1.29, 1.82) is 0 Å². The van der Waals surface area contributed by atoms with E-state index in [2.05, 4.69) is 5.32 Å². The summed E-state index contributed by atoms with van der Waals surface area (Å²) in [6.45, 7) is 2.92. The van der Waals surface area contributed by atoms with Gasteiger partial charge in [-0.1, -0.05) is 29.8 Å². The van der Waals surface area contributed by atoms with Gasteiger partial charge in [0.05, 0.1) is 27.1 Å². The quantitative estimate of drug-likeness (QED) is 0.598. The highest BCUT2D eigenvalue weighted by Gasteiger charge is 2.31. The van der Waals surface area contributed by atoms with Crippen molar-refractivity contribution in [2.45, 2.75) is 32.1 Å². The highest BCUT2D eigenvalue weighted by Crippen LogP contribution is 2.39. The highest BCUT2D eigenvalue weighted by atomic mass is 32.2. The predicted molar refractivity (Wildman–Crippen MR) is 126 cm³/mol. The van der Waals surface area contributed by atoms with Crippen LogP contribution < -0.4 is 19.5 Å². The van der Waals surface area contributed by atoms with Crippen molar-refractivity contribution in [2.24, 2.45) is 5.92 Å². The number of carbonyl (C=O) groups excluding carboxylic acids is 1. The molecule has 0 aliphatic carbocycles. The van der Waals surface area contributed by atoms with Crippen LogP contribution in [0.15, 0.2) is 36.4 Å². The zero-order valence-corrected chi connectivity index (χ0v) is 20.4. The van der Waals surface area contributed by atoms with Gasteiger partial charge >= 0.3 is 0 Å². The molecular weight excluding hydrogens is 444 g/mol. The molecule has 0 atom stereocenters. The lowest BCUT2D eigenvalue weighted by Crippen LogP contribution is -2.43. The highest BCUT2D eigenvalue weighted by molar-refractivity contribution is 7.88. The van der Waals surface area contributed by atoms with Crippen LogP contribution in [-0.2, 0) is 27.1 Å². The SMILES string of the molecule is COc1ccc(CNC(=O)C2CCN(S(=O)(=O)Cc3ccc(C)cc3)CC2)c(OC)c1OC. The second-order valence-corrected chi connectivity index (χ2v) is 10.1. The molecule has 0 saturated carbocycles. The summed E-state index contributed by atoms with van der Waals surface area (Å²) in [4.78, 5) is 12.8. The molecule has 3 rings (SSSR count). The van der Waals surface area contributed by atoms with E-state index < -0.39 is 10.0 Å². The molecule has 2 aromatic carbocycles. The van der Waals surface area contributed by atoms with E-state index in [9.17, 15) is 13.2 Å². The maximum atomic E-state index is 12.8. The van der Waals surface area contributed by atoms with Crippen LogP contribution in [0.3, 0.4) is 0 Å². The lowest BCUT2D eigenvalue weighted by molar-refractivity contribution is -0.126. The van der Waals surface area contributed by atoms with E-state index in [4.69, 9.17) is 14.2 Å². The fraction of sp³-hybridized carbons (Fsp3) is 0.458. The molecule has 1 amide bonds. The molecule has 0 bridgehead atoms. The molecule has 1 aliphatic rings. The summed E-state index contributed by atoms with van der Waals surface area (Å²) < 4.78 is 43.2. The smallest absolute Gasteiger partial charge is 0.223 e. The molecule has 0 aromatic heterocycles. The normalized spacial score (nSPS) is 15.2. The van der Waals surface area contributed by atoms with Crippen LogP contribution in [0.25, 0.3) is 0 Å². The van der Waals surface area contributed by atoms with Gasteiger partial charge in [-0.15, -0.1) is 0 Å². The van der Waals surface area contributed by atoms with Crippen molar-refractivity contribution < 1.29 is 27.4 Å². The Morgan fingerprint density at radius 3 is 2.18 bits per heavy atom. The molecule has 2 aromatic rings. The van der Waals surface area contributed by atoms with Gasteiger partial charge in [-0.05, 0) is 37.5 Å². The van der Waals surface area contributed by atoms with Crippen LogP contribution in [0.1, 0.15) is 29.5 Å². The largest absolute Gasteiger partial charge is 0.493 e. The molecular formula is C24H32N2O6S. The van der Waals surface area contributed by atoms with Gasteiger partial charge < -0.3 is 19.5 Å². The van der Waals surface area contributed by atoms with Gasteiger partial charge in [-0.25, -0.2) is 12.7 Å². The minimum absolute atomic E-state index is 0.0246. The topological polar surface area (TPSA) is 94.2 Å². The number of benzene rings is 2. The maximum absolute atomic E-state index is 12.8. The van der Waals surface area contributed by atoms with Crippen molar-refractivity contribution >= 4 is 15.9 Å². The fourth-order valence-corrected chi connectivity index (χ4v) is 5.57. The van der Waals surface area contributed by atoms with Crippen molar-refractivity contribution in [3.63, 3.8) is 0 Å². The van der Waals surface area contributed by atoms with Crippen LogP contribution in [-0.4, -0.2) is 53.0 Å². The van der Waals surface area contributed by atoms with E-state index in [1.54, 1.807) is 13.2 Å². The Morgan fingerprint density at radius 2 is 1.61 bits per heavy atom. The minimum Gasteiger partial charge on any atom is -0.493 e. The maximum Gasteiger partial charge on any atom is 0.223 e. The van der Waals surface area contributed by atoms with E-state index in [1.807, 2.05) is 37.3 Å². The number of carbonyl (C=O) groups is 1. The summed E-state index contributed by atoms with van der Waals surface area (Å²) in [5, 5.41) is 2.95. The fourth-order valence-electron chi connectivity index (χ4n) is 4.01. The number of piperidine rings is 1. The number of hydrogen-bond donors (Lipinski definition) is 1. The third-order valence-electron chi connectivity index (χ3n) is 5.93. The number of hydrogen-bond acceptors (Lipinski definition) is 6. The van der Waals surface area contributed by atoms with E-state index in [0.717, 1.165) is 16.7 Å². The first kappa shape index (κ1) is 24.9. The third-order valence-corrected chi connectivity index (χ3v) is 7.78. The van der Waals surface area contributed by atoms with Crippen LogP contribution in [0.2, 0.25) is 0 Å². The minimum atomic E-state index is -3.42. The van der Waals surface area contributed by atoms with Crippen molar-refractivity contribution in [2.75, 3.05) is 34.4 Å². The molecule has 9 heteroatoms. The summed E-state index contributed by atoms with van der Waals surface area (Å²) in [7, 11) is 1.20. The molecule has 1 aliphatic heterocycles. The lowest BCUT2D eigenvalue weighted by Gasteiger charge is -2.30. The van der Waals surface area contributed by atoms with Gasteiger partial charge in [-0.2, -0.15) is 0 Å². The second kappa shape index (κ2) is 10.9.